The summed E-state index contributed by atoms with van der Waals surface area (Å²) in [5.41, 5.74) is 0.884. The normalized spacial score (nSPS) is 6.88. The van der Waals surface area contributed by atoms with Crippen LogP contribution in [-0.2, 0) is 65.4 Å². The molecule has 0 saturated carbocycles. The van der Waals surface area contributed by atoms with E-state index in [4.69, 9.17) is 21.0 Å². The second-order valence-corrected chi connectivity index (χ2v) is 3.38. The van der Waals surface area contributed by atoms with Gasteiger partial charge in [-0.1, -0.05) is 64.1 Å². The van der Waals surface area contributed by atoms with E-state index in [9.17, 15) is 0 Å². The molecule has 0 unspecified atom stereocenters. The predicted molar refractivity (Wildman–Crippen MR) is 102 cm³/mol. The third-order valence-corrected chi connectivity index (χ3v) is 2.15. The van der Waals surface area contributed by atoms with E-state index in [-0.39, 0.29) is 84.3 Å². The molecule has 0 aliphatic carbocycles. The maximum atomic E-state index is 8.92. The molecule has 0 bridgehead atoms. The first-order valence-corrected chi connectivity index (χ1v) is 7.20. The Morgan fingerprint density at radius 2 is 0.880 bits per heavy atom. The molecule has 0 fully saturated rings. The molecule has 2 aromatic rings. The van der Waals surface area contributed by atoms with Crippen molar-refractivity contribution in [3.8, 4) is 11.5 Å². The van der Waals surface area contributed by atoms with Crippen molar-refractivity contribution in [2.75, 3.05) is 0 Å². The average Bonchev–Trinajstić information content (AvgIpc) is 2.60. The molecule has 2 radical (unpaired) electrons. The number of hydrogen-bond acceptors (Lipinski definition) is 2. The number of benzene rings is 2. The van der Waals surface area contributed by atoms with Gasteiger partial charge in [0.2, 0.25) is 0 Å². The van der Waals surface area contributed by atoms with Crippen LogP contribution >= 0.6 is 0 Å². The molecule has 0 atom stereocenters. The fourth-order valence-electron chi connectivity index (χ4n) is 1.19. The van der Waals surface area contributed by atoms with E-state index in [1.54, 1.807) is 36.4 Å². The number of aromatic hydroxyl groups is 2. The monoisotopic (exact) mass is 493 g/mol. The molecule has 2 rings (SSSR count). The standard InChI is InChI=1S/2C7H6NO.2C2H6.CH3.2Y/c2*8-5-6-3-1-2-4-7(6)9;2*1-2;;;/h2*1-5,9H;2*1-2H3;1H3;;/q2*-1;;;-1;;. The molecule has 25 heavy (non-hydrogen) atoms. The molecule has 0 aliphatic heterocycles. The molecular formula is C19H27N2O2Y2-3. The van der Waals surface area contributed by atoms with Crippen molar-refractivity contribution in [2.24, 2.45) is 0 Å². The Morgan fingerprint density at radius 1 is 0.640 bits per heavy atom. The number of nitrogens with zero attached hydrogens (tertiary/aromatic N) is 2. The molecule has 4 nitrogen and oxygen atoms in total. The molecule has 2 aromatic carbocycles. The first-order valence-electron chi connectivity index (χ1n) is 7.20. The van der Waals surface area contributed by atoms with Crippen LogP contribution in [0.5, 0.6) is 11.5 Å². The Kier molecular flexibility index (Phi) is 36.8. The number of phenols is 2. The van der Waals surface area contributed by atoms with Gasteiger partial charge in [0.1, 0.15) is 11.5 Å². The molecular weight excluding hydrogens is 466 g/mol. The quantitative estimate of drug-likeness (QED) is 0.442. The molecule has 0 saturated heterocycles. The SMILES string of the molecule is CC.CC.[CH3-].[N-]=Cc1ccccc1O.[N-]=Cc1ccccc1O.[Y].[Y]. The predicted octanol–water partition coefficient (Wildman–Crippen LogP) is 5.26. The number of rotatable bonds is 2. The fraction of sp³-hybridized carbons (Fsp3) is 0.211. The van der Waals surface area contributed by atoms with Crippen molar-refractivity contribution in [3.63, 3.8) is 0 Å². The minimum atomic E-state index is 0. The minimum absolute atomic E-state index is 0. The summed E-state index contributed by atoms with van der Waals surface area (Å²) in [6.07, 6.45) is 1.74. The fourth-order valence-corrected chi connectivity index (χ4v) is 1.19. The van der Waals surface area contributed by atoms with E-state index in [2.05, 4.69) is 0 Å². The summed E-state index contributed by atoms with van der Waals surface area (Å²) in [5.74, 6) is 0.194. The third-order valence-electron chi connectivity index (χ3n) is 2.15. The van der Waals surface area contributed by atoms with Crippen LogP contribution in [0, 0.1) is 7.43 Å². The van der Waals surface area contributed by atoms with E-state index in [0.717, 1.165) is 12.4 Å². The van der Waals surface area contributed by atoms with Gasteiger partial charge in [0, 0.05) is 65.4 Å². The average molecular weight is 493 g/mol. The van der Waals surface area contributed by atoms with Gasteiger partial charge in [0.15, 0.2) is 0 Å². The van der Waals surface area contributed by atoms with Crippen molar-refractivity contribution in [2.45, 2.75) is 27.7 Å². The summed E-state index contributed by atoms with van der Waals surface area (Å²) in [6.45, 7) is 8.00. The first-order chi connectivity index (χ1) is 10.7. The summed E-state index contributed by atoms with van der Waals surface area (Å²) in [4.78, 5) is 0. The summed E-state index contributed by atoms with van der Waals surface area (Å²) in [7, 11) is 0. The largest absolute Gasteiger partial charge is 0.810 e. The van der Waals surface area contributed by atoms with Gasteiger partial charge in [-0.15, -0.1) is 0 Å². The van der Waals surface area contributed by atoms with Crippen LogP contribution < -0.4 is 0 Å². The number of para-hydroxylation sites is 2. The van der Waals surface area contributed by atoms with Crippen LogP contribution in [0.3, 0.4) is 0 Å². The van der Waals surface area contributed by atoms with Crippen LogP contribution in [0.15, 0.2) is 48.5 Å². The summed E-state index contributed by atoms with van der Waals surface area (Å²) < 4.78 is 0. The minimum Gasteiger partial charge on any atom is -0.810 e. The molecule has 0 aliphatic rings. The molecule has 0 amide bonds. The Hall–Kier alpha value is -0.412. The number of phenolic OH excluding ortho intramolecular Hbond substituents is 2. The van der Waals surface area contributed by atoms with Crippen LogP contribution in [0.25, 0.3) is 10.8 Å². The van der Waals surface area contributed by atoms with E-state index in [0.29, 0.717) is 11.1 Å². The molecule has 0 aromatic heterocycles. The molecule has 0 heterocycles. The molecule has 134 valence electrons. The van der Waals surface area contributed by atoms with Gasteiger partial charge >= 0.3 is 0 Å². The van der Waals surface area contributed by atoms with Gasteiger partial charge in [-0.25, -0.2) is 0 Å². The van der Waals surface area contributed by atoms with Gasteiger partial charge < -0.3 is 28.5 Å². The first kappa shape index (κ1) is 35.7. The van der Waals surface area contributed by atoms with Crippen LogP contribution in [0.2, 0.25) is 0 Å². The van der Waals surface area contributed by atoms with Crippen molar-refractivity contribution in [1.29, 1.82) is 0 Å². The van der Waals surface area contributed by atoms with E-state index < -0.39 is 0 Å². The van der Waals surface area contributed by atoms with Gasteiger partial charge in [-0.05, 0) is 23.3 Å². The third kappa shape index (κ3) is 16.8. The zero-order valence-electron chi connectivity index (χ0n) is 15.7. The summed E-state index contributed by atoms with van der Waals surface area (Å²) >= 11 is 0. The van der Waals surface area contributed by atoms with Gasteiger partial charge in [0.05, 0.1) is 0 Å². The molecule has 0 spiro atoms. The van der Waals surface area contributed by atoms with Crippen molar-refractivity contribution < 1.29 is 75.6 Å². The maximum absolute atomic E-state index is 8.92. The van der Waals surface area contributed by atoms with E-state index in [1.165, 1.54) is 12.1 Å². The number of hydrogen-bond donors (Lipinski definition) is 2. The molecule has 6 heteroatoms. The van der Waals surface area contributed by atoms with E-state index in [1.807, 2.05) is 27.7 Å². The second-order valence-electron chi connectivity index (χ2n) is 3.38. The van der Waals surface area contributed by atoms with E-state index >= 15 is 0 Å². The maximum Gasteiger partial charge on any atom is 0.120 e. The van der Waals surface area contributed by atoms with Crippen molar-refractivity contribution in [3.05, 3.63) is 77.9 Å². The zero-order valence-corrected chi connectivity index (χ0v) is 21.4. The Labute approximate surface area is 203 Å². The van der Waals surface area contributed by atoms with Gasteiger partial charge in [-0.3, -0.25) is 0 Å². The van der Waals surface area contributed by atoms with Crippen LogP contribution in [0.4, 0.5) is 0 Å². The topological polar surface area (TPSA) is 85.1 Å². The molecule has 2 N–H and O–H groups in total. The second kappa shape index (κ2) is 25.8. The van der Waals surface area contributed by atoms with Gasteiger partial charge in [-0.2, -0.15) is 12.4 Å². The van der Waals surface area contributed by atoms with Crippen molar-refractivity contribution in [1.82, 2.24) is 0 Å². The van der Waals surface area contributed by atoms with Gasteiger partial charge in [0.25, 0.3) is 0 Å². The smallest absolute Gasteiger partial charge is 0.120 e. The summed E-state index contributed by atoms with van der Waals surface area (Å²) in [6, 6.07) is 13.1. The van der Waals surface area contributed by atoms with Crippen molar-refractivity contribution >= 4 is 12.4 Å². The Morgan fingerprint density at radius 3 is 1.04 bits per heavy atom. The summed E-state index contributed by atoms with van der Waals surface area (Å²) in [5, 5.41) is 34.7. The zero-order chi connectivity index (χ0) is 17.4. The van der Waals surface area contributed by atoms with Crippen LogP contribution in [0.1, 0.15) is 38.8 Å². The Balaban J connectivity index is -0.0000000808. The Bertz CT molecular complexity index is 501. The van der Waals surface area contributed by atoms with Crippen LogP contribution in [-0.4, -0.2) is 22.6 Å².